The molecule has 43 heavy (non-hydrogen) atoms. The van der Waals surface area contributed by atoms with Crippen LogP contribution in [0.15, 0.2) is 89.2 Å². The Hall–Kier alpha value is -5.15. The third-order valence-electron chi connectivity index (χ3n) is 7.28. The van der Waals surface area contributed by atoms with Gasteiger partial charge in [-0.15, -0.1) is 11.3 Å². The third kappa shape index (κ3) is 6.37. The van der Waals surface area contributed by atoms with Gasteiger partial charge in [-0.2, -0.15) is 0 Å². The third-order valence-corrected chi connectivity index (χ3v) is 8.12. The average Bonchev–Trinajstić information content (AvgIpc) is 3.53. The molecule has 0 fully saturated rings. The van der Waals surface area contributed by atoms with Gasteiger partial charge in [0.05, 0.1) is 11.1 Å². The van der Waals surface area contributed by atoms with Crippen molar-refractivity contribution in [2.75, 3.05) is 20.1 Å². The van der Waals surface area contributed by atoms with E-state index in [0.29, 0.717) is 21.5 Å². The summed E-state index contributed by atoms with van der Waals surface area (Å²) in [6.45, 7) is 2.09. The fourth-order valence-electron chi connectivity index (χ4n) is 5.11. The van der Waals surface area contributed by atoms with E-state index in [2.05, 4.69) is 46.6 Å². The van der Waals surface area contributed by atoms with Crippen molar-refractivity contribution in [2.45, 2.75) is 12.8 Å². The van der Waals surface area contributed by atoms with Gasteiger partial charge in [-0.25, -0.2) is 9.59 Å². The molecule has 218 valence electrons. The molecule has 8 nitrogen and oxygen atoms in total. The lowest BCUT2D eigenvalue weighted by Crippen LogP contribution is -2.30. The molecule has 1 aromatic heterocycles. The normalized spacial score (nSPS) is 13.1. The van der Waals surface area contributed by atoms with Crippen LogP contribution >= 0.6 is 11.3 Å². The Balaban J connectivity index is 0.000000220. The Morgan fingerprint density at radius 3 is 1.91 bits per heavy atom. The van der Waals surface area contributed by atoms with Crippen molar-refractivity contribution in [1.82, 2.24) is 4.90 Å². The maximum atomic E-state index is 12.9. The number of benzene rings is 4. The van der Waals surface area contributed by atoms with Crippen molar-refractivity contribution in [2.24, 2.45) is 4.99 Å². The van der Waals surface area contributed by atoms with Gasteiger partial charge in [-0.05, 0) is 81.2 Å². The Morgan fingerprint density at radius 1 is 0.860 bits per heavy atom. The van der Waals surface area contributed by atoms with Crippen molar-refractivity contribution >= 4 is 56.7 Å². The monoisotopic (exact) mass is 592 g/mol. The first kappa shape index (κ1) is 29.3. The molecule has 2 heterocycles. The number of aliphatic imine (C=N–C) groups is 1. The summed E-state index contributed by atoms with van der Waals surface area (Å²) in [6.07, 6.45) is 5.24. The number of hydrogen-bond acceptors (Lipinski definition) is 7. The van der Waals surface area contributed by atoms with Crippen LogP contribution in [0.5, 0.6) is 11.5 Å². The van der Waals surface area contributed by atoms with E-state index in [4.69, 9.17) is 0 Å². The summed E-state index contributed by atoms with van der Waals surface area (Å²) in [6, 6.07) is 20.4. The van der Waals surface area contributed by atoms with Crippen LogP contribution in [0.25, 0.3) is 27.6 Å². The first-order valence-electron chi connectivity index (χ1n) is 13.6. The molecule has 2 N–H and O–H groups in total. The van der Waals surface area contributed by atoms with Gasteiger partial charge in [-0.3, -0.25) is 4.99 Å². The molecule has 0 radical (unpaired) electrons. The standard InChI is InChI=1S/C23H16O6.C11H14N2S/c24-20-16(14-7-3-1-5-12(14)9-18(20)22(26)27)11-17-15-8-4-2-6-13(15)10-19(21(17)25)23(28)29;1-13-8-3-7-12-11(13)6-5-10-4-2-9-14-10/h1-10,24-25H,11H2,(H,26,27)(H,28,29);2,4-6,9H,3,7-8H2,1H3/p-2/b;6-5+. The zero-order chi connectivity index (χ0) is 30.5. The molecule has 0 unspecified atom stereocenters. The van der Waals surface area contributed by atoms with Crippen LogP contribution in [0.3, 0.4) is 0 Å². The molecule has 5 aromatic rings. The highest BCUT2D eigenvalue weighted by Gasteiger charge is 2.16. The predicted octanol–water partition coefficient (Wildman–Crippen LogP) is 5.62. The lowest BCUT2D eigenvalue weighted by atomic mass is 9.90. The lowest BCUT2D eigenvalue weighted by Gasteiger charge is -2.24. The fraction of sp³-hybridized carbons (Fsp3) is 0.147. The molecule has 0 bridgehead atoms. The van der Waals surface area contributed by atoms with Gasteiger partial charge in [0.1, 0.15) is 5.84 Å². The van der Waals surface area contributed by atoms with E-state index in [9.17, 15) is 30.0 Å². The van der Waals surface area contributed by atoms with Crippen LogP contribution in [0.1, 0.15) is 43.1 Å². The van der Waals surface area contributed by atoms with E-state index in [1.54, 1.807) is 59.9 Å². The zero-order valence-electron chi connectivity index (χ0n) is 23.3. The summed E-state index contributed by atoms with van der Waals surface area (Å²) in [4.78, 5) is 31.1. The molecule has 0 saturated carbocycles. The molecule has 0 amide bonds. The molecule has 0 spiro atoms. The van der Waals surface area contributed by atoms with Crippen LogP contribution in [-0.4, -0.2) is 53.0 Å². The smallest absolute Gasteiger partial charge is 0.335 e. The van der Waals surface area contributed by atoms with Crippen LogP contribution < -0.4 is 10.2 Å². The van der Waals surface area contributed by atoms with Gasteiger partial charge in [0, 0.05) is 25.0 Å². The Morgan fingerprint density at radius 2 is 1.42 bits per heavy atom. The van der Waals surface area contributed by atoms with Crippen LogP contribution in [0.4, 0.5) is 0 Å². The van der Waals surface area contributed by atoms with Crippen LogP contribution in [-0.2, 0) is 6.42 Å². The molecular formula is C34H28N2O6S-2. The number of carbonyl (C=O) groups is 2. The number of fused-ring (bicyclic) bond motifs is 2. The van der Waals surface area contributed by atoms with Crippen molar-refractivity contribution in [3.05, 3.63) is 111 Å². The van der Waals surface area contributed by atoms with E-state index < -0.39 is 23.4 Å². The van der Waals surface area contributed by atoms with Crippen molar-refractivity contribution < 1.29 is 30.0 Å². The molecule has 0 saturated heterocycles. The maximum absolute atomic E-state index is 12.9. The molecule has 4 aromatic carbocycles. The first-order chi connectivity index (χ1) is 20.7. The largest absolute Gasteiger partial charge is 0.872 e. The predicted molar refractivity (Wildman–Crippen MR) is 166 cm³/mol. The molecular weight excluding hydrogens is 564 g/mol. The van der Waals surface area contributed by atoms with E-state index in [0.717, 1.165) is 18.9 Å². The maximum Gasteiger partial charge on any atom is 0.335 e. The topological polar surface area (TPSA) is 136 Å². The van der Waals surface area contributed by atoms with Gasteiger partial charge in [0.25, 0.3) is 0 Å². The summed E-state index contributed by atoms with van der Waals surface area (Å²) < 4.78 is 0. The molecule has 1 aliphatic rings. The molecule has 1 aliphatic heterocycles. The average molecular weight is 593 g/mol. The van der Waals surface area contributed by atoms with Crippen LogP contribution in [0.2, 0.25) is 0 Å². The number of carboxylic acid groups (broad SMARTS) is 2. The van der Waals surface area contributed by atoms with Gasteiger partial charge in [0.15, 0.2) is 0 Å². The first-order valence-corrected chi connectivity index (χ1v) is 14.5. The fourth-order valence-corrected chi connectivity index (χ4v) is 5.73. The highest BCUT2D eigenvalue weighted by molar-refractivity contribution is 7.10. The Kier molecular flexibility index (Phi) is 8.73. The number of likely N-dealkylation sites (N-methyl/N-ethyl adjacent to an activating group) is 1. The summed E-state index contributed by atoms with van der Waals surface area (Å²) in [5.74, 6) is -2.97. The SMILES string of the molecule is CN1CCCN=C1/C=C/c1cccs1.O=C(O)c1cc2ccccc2c(Cc2c([O-])c(C(=O)O)cc3ccccc23)c1[O-]. The van der Waals surface area contributed by atoms with E-state index in [1.807, 2.05) is 0 Å². The molecule has 6 rings (SSSR count). The quantitative estimate of drug-likeness (QED) is 0.261. The minimum absolute atomic E-state index is 0.158. The van der Waals surface area contributed by atoms with Gasteiger partial charge in [0.2, 0.25) is 0 Å². The van der Waals surface area contributed by atoms with E-state index >= 15 is 0 Å². The number of nitrogens with zero attached hydrogens (tertiary/aromatic N) is 2. The van der Waals surface area contributed by atoms with Crippen molar-refractivity contribution in [3.63, 3.8) is 0 Å². The van der Waals surface area contributed by atoms with Crippen molar-refractivity contribution in [3.8, 4) is 11.5 Å². The van der Waals surface area contributed by atoms with Crippen LogP contribution in [0, 0.1) is 0 Å². The second kappa shape index (κ2) is 12.8. The summed E-state index contributed by atoms with van der Waals surface area (Å²) >= 11 is 1.75. The second-order valence-corrected chi connectivity index (χ2v) is 11.0. The lowest BCUT2D eigenvalue weighted by molar-refractivity contribution is -0.270. The number of amidine groups is 1. The highest BCUT2D eigenvalue weighted by Crippen LogP contribution is 2.37. The molecule has 0 aliphatic carbocycles. The summed E-state index contributed by atoms with van der Waals surface area (Å²) in [7, 11) is 2.09. The molecule has 0 atom stereocenters. The van der Waals surface area contributed by atoms with Gasteiger partial charge < -0.3 is 25.3 Å². The Bertz CT molecular complexity index is 1780. The summed E-state index contributed by atoms with van der Waals surface area (Å²) in [5.41, 5.74) is -0.453. The highest BCUT2D eigenvalue weighted by atomic mass is 32.1. The Labute approximate surface area is 252 Å². The van der Waals surface area contributed by atoms with E-state index in [-0.39, 0.29) is 28.7 Å². The number of carboxylic acids is 2. The van der Waals surface area contributed by atoms with Gasteiger partial charge >= 0.3 is 11.9 Å². The zero-order valence-corrected chi connectivity index (χ0v) is 24.1. The van der Waals surface area contributed by atoms with Crippen molar-refractivity contribution in [1.29, 1.82) is 0 Å². The number of rotatable bonds is 6. The minimum atomic E-state index is -1.35. The summed E-state index contributed by atoms with van der Waals surface area (Å²) in [5, 5.41) is 48.9. The molecule has 9 heteroatoms. The number of thiophene rings is 1. The second-order valence-electron chi connectivity index (χ2n) is 10.1. The number of aromatic carboxylic acids is 2. The number of hydrogen-bond donors (Lipinski definition) is 2. The van der Waals surface area contributed by atoms with Gasteiger partial charge in [-0.1, -0.05) is 66.1 Å². The minimum Gasteiger partial charge on any atom is -0.872 e. The van der Waals surface area contributed by atoms with E-state index in [1.165, 1.54) is 23.4 Å².